The third-order valence-electron chi connectivity index (χ3n) is 3.62. The standard InChI is InChI=1S/C15H23NS/c1-14(2)11-8-12-15(3,4)16(14)17-13-9-6-5-7-10-13/h5-7,9-10H,8,11-12H2,1-4H3. The molecule has 1 aliphatic rings. The third-order valence-corrected chi connectivity index (χ3v) is 5.27. The van der Waals surface area contributed by atoms with Crippen molar-refractivity contribution in [1.82, 2.24) is 4.31 Å². The van der Waals surface area contributed by atoms with Crippen molar-refractivity contribution in [1.29, 1.82) is 0 Å². The molecule has 1 aliphatic heterocycles. The van der Waals surface area contributed by atoms with Gasteiger partial charge in [0.05, 0.1) is 0 Å². The highest BCUT2D eigenvalue weighted by molar-refractivity contribution is 7.97. The van der Waals surface area contributed by atoms with Gasteiger partial charge in [-0.3, -0.25) is 0 Å². The fourth-order valence-corrected chi connectivity index (χ4v) is 3.98. The Morgan fingerprint density at radius 3 is 2.00 bits per heavy atom. The molecule has 0 bridgehead atoms. The Morgan fingerprint density at radius 1 is 0.941 bits per heavy atom. The summed E-state index contributed by atoms with van der Waals surface area (Å²) >= 11 is 1.91. The van der Waals surface area contributed by atoms with Gasteiger partial charge in [-0.1, -0.05) is 18.2 Å². The van der Waals surface area contributed by atoms with Crippen molar-refractivity contribution >= 4 is 11.9 Å². The summed E-state index contributed by atoms with van der Waals surface area (Å²) in [5.41, 5.74) is 0.560. The van der Waals surface area contributed by atoms with Crippen LogP contribution in [0.2, 0.25) is 0 Å². The Bertz CT molecular complexity index is 354. The van der Waals surface area contributed by atoms with Gasteiger partial charge in [0, 0.05) is 16.0 Å². The van der Waals surface area contributed by atoms with E-state index in [1.54, 1.807) is 0 Å². The Kier molecular flexibility index (Phi) is 3.55. The second kappa shape index (κ2) is 4.66. The second-order valence-corrected chi connectivity index (χ2v) is 7.20. The maximum Gasteiger partial charge on any atom is 0.0266 e. The van der Waals surface area contributed by atoms with Crippen LogP contribution in [0.25, 0.3) is 0 Å². The molecule has 2 heteroatoms. The first-order chi connectivity index (χ1) is 7.92. The van der Waals surface area contributed by atoms with Crippen molar-refractivity contribution in [3.8, 4) is 0 Å². The largest absolute Gasteiger partial charge is 0.235 e. The van der Waals surface area contributed by atoms with Crippen molar-refractivity contribution < 1.29 is 0 Å². The zero-order chi connectivity index (χ0) is 12.5. The van der Waals surface area contributed by atoms with Crippen LogP contribution in [0.4, 0.5) is 0 Å². The monoisotopic (exact) mass is 249 g/mol. The molecule has 1 saturated heterocycles. The summed E-state index contributed by atoms with van der Waals surface area (Å²) in [6.45, 7) is 9.46. The van der Waals surface area contributed by atoms with Gasteiger partial charge in [0.2, 0.25) is 0 Å². The topological polar surface area (TPSA) is 3.24 Å². The lowest BCUT2D eigenvalue weighted by Gasteiger charge is -2.51. The van der Waals surface area contributed by atoms with Crippen molar-refractivity contribution in [3.05, 3.63) is 30.3 Å². The van der Waals surface area contributed by atoms with E-state index in [0.717, 1.165) is 0 Å². The van der Waals surface area contributed by atoms with E-state index in [1.165, 1.54) is 24.2 Å². The molecule has 2 rings (SSSR count). The van der Waals surface area contributed by atoms with Gasteiger partial charge in [-0.2, -0.15) is 0 Å². The van der Waals surface area contributed by atoms with E-state index >= 15 is 0 Å². The summed E-state index contributed by atoms with van der Waals surface area (Å²) in [4.78, 5) is 1.34. The summed E-state index contributed by atoms with van der Waals surface area (Å²) in [5, 5.41) is 0. The SMILES string of the molecule is CC1(C)CCCC(C)(C)N1Sc1ccccc1. The van der Waals surface area contributed by atoms with E-state index in [9.17, 15) is 0 Å². The average Bonchev–Trinajstić information content (AvgIpc) is 2.25. The van der Waals surface area contributed by atoms with Gasteiger partial charge in [-0.15, -0.1) is 0 Å². The molecule has 1 fully saturated rings. The molecule has 17 heavy (non-hydrogen) atoms. The zero-order valence-corrected chi connectivity index (χ0v) is 12.2. The Balaban J connectivity index is 2.21. The molecule has 0 amide bonds. The van der Waals surface area contributed by atoms with Gasteiger partial charge >= 0.3 is 0 Å². The molecule has 1 heterocycles. The molecule has 1 aromatic rings. The fourth-order valence-electron chi connectivity index (χ4n) is 2.81. The van der Waals surface area contributed by atoms with Crippen molar-refractivity contribution in [2.24, 2.45) is 0 Å². The van der Waals surface area contributed by atoms with Gasteiger partial charge in [0.15, 0.2) is 0 Å². The van der Waals surface area contributed by atoms with Crippen molar-refractivity contribution in [2.75, 3.05) is 0 Å². The minimum atomic E-state index is 0.280. The van der Waals surface area contributed by atoms with E-state index in [0.29, 0.717) is 0 Å². The molecule has 1 nitrogen and oxygen atoms in total. The molecule has 0 spiro atoms. The lowest BCUT2D eigenvalue weighted by atomic mass is 9.83. The van der Waals surface area contributed by atoms with E-state index in [2.05, 4.69) is 62.3 Å². The number of nitrogens with zero attached hydrogens (tertiary/aromatic N) is 1. The predicted octanol–water partition coefficient (Wildman–Crippen LogP) is 4.74. The second-order valence-electron chi connectivity index (χ2n) is 6.18. The summed E-state index contributed by atoms with van der Waals surface area (Å²) in [7, 11) is 0. The van der Waals surface area contributed by atoms with E-state index < -0.39 is 0 Å². The lowest BCUT2D eigenvalue weighted by Crippen LogP contribution is -2.54. The van der Waals surface area contributed by atoms with Crippen LogP contribution in [-0.2, 0) is 0 Å². The Hall–Kier alpha value is -0.470. The first kappa shape index (κ1) is 13.0. The van der Waals surface area contributed by atoms with Crippen molar-refractivity contribution in [3.63, 3.8) is 0 Å². The number of hydrogen-bond acceptors (Lipinski definition) is 2. The molecule has 0 radical (unpaired) electrons. The predicted molar refractivity (Wildman–Crippen MR) is 76.1 cm³/mol. The molecule has 0 atom stereocenters. The van der Waals surface area contributed by atoms with Crippen LogP contribution in [0.1, 0.15) is 47.0 Å². The van der Waals surface area contributed by atoms with E-state index in [1.807, 2.05) is 11.9 Å². The fraction of sp³-hybridized carbons (Fsp3) is 0.600. The number of hydrogen-bond donors (Lipinski definition) is 0. The maximum atomic E-state index is 2.60. The van der Waals surface area contributed by atoms with Crippen LogP contribution in [0.15, 0.2) is 35.2 Å². The minimum absolute atomic E-state index is 0.280. The summed E-state index contributed by atoms with van der Waals surface area (Å²) in [6, 6.07) is 10.7. The molecule has 0 N–H and O–H groups in total. The summed E-state index contributed by atoms with van der Waals surface area (Å²) in [5.74, 6) is 0. The number of piperidine rings is 1. The maximum absolute atomic E-state index is 2.60. The highest BCUT2D eigenvalue weighted by Crippen LogP contribution is 2.45. The summed E-state index contributed by atoms with van der Waals surface area (Å²) < 4.78 is 2.60. The first-order valence-corrected chi connectivity index (χ1v) is 7.23. The quantitative estimate of drug-likeness (QED) is 0.697. The van der Waals surface area contributed by atoms with E-state index in [4.69, 9.17) is 0 Å². The highest BCUT2D eigenvalue weighted by Gasteiger charge is 2.41. The smallest absolute Gasteiger partial charge is 0.0266 e. The highest BCUT2D eigenvalue weighted by atomic mass is 32.2. The lowest BCUT2D eigenvalue weighted by molar-refractivity contribution is 0.0677. The van der Waals surface area contributed by atoms with Crippen LogP contribution in [-0.4, -0.2) is 15.4 Å². The minimum Gasteiger partial charge on any atom is -0.235 e. The van der Waals surface area contributed by atoms with Crippen LogP contribution >= 0.6 is 11.9 Å². The molecule has 1 aromatic carbocycles. The number of rotatable bonds is 2. The molecular weight excluding hydrogens is 226 g/mol. The average molecular weight is 249 g/mol. The normalized spacial score (nSPS) is 23.5. The van der Waals surface area contributed by atoms with Crippen LogP contribution in [0.5, 0.6) is 0 Å². The van der Waals surface area contributed by atoms with Gasteiger partial charge in [0.1, 0.15) is 0 Å². The molecular formula is C15H23NS. The molecule has 0 saturated carbocycles. The van der Waals surface area contributed by atoms with Gasteiger partial charge < -0.3 is 0 Å². The third kappa shape index (κ3) is 2.86. The molecule has 0 aliphatic carbocycles. The Morgan fingerprint density at radius 2 is 1.47 bits per heavy atom. The molecule has 0 unspecified atom stereocenters. The van der Waals surface area contributed by atoms with E-state index in [-0.39, 0.29) is 11.1 Å². The summed E-state index contributed by atoms with van der Waals surface area (Å²) in [6.07, 6.45) is 3.92. The molecule has 0 aromatic heterocycles. The zero-order valence-electron chi connectivity index (χ0n) is 11.4. The first-order valence-electron chi connectivity index (χ1n) is 6.45. The van der Waals surface area contributed by atoms with Crippen LogP contribution < -0.4 is 0 Å². The molecule has 94 valence electrons. The van der Waals surface area contributed by atoms with Crippen molar-refractivity contribution in [2.45, 2.75) is 62.9 Å². The van der Waals surface area contributed by atoms with Gasteiger partial charge in [-0.05, 0) is 71.0 Å². The Labute approximate surface area is 110 Å². The van der Waals surface area contributed by atoms with Crippen LogP contribution in [0.3, 0.4) is 0 Å². The van der Waals surface area contributed by atoms with Crippen LogP contribution in [0, 0.1) is 0 Å². The van der Waals surface area contributed by atoms with Gasteiger partial charge in [0.25, 0.3) is 0 Å². The van der Waals surface area contributed by atoms with Gasteiger partial charge in [-0.25, -0.2) is 4.31 Å². The number of benzene rings is 1.